The van der Waals surface area contributed by atoms with E-state index in [-0.39, 0.29) is 5.88 Å². The predicted molar refractivity (Wildman–Crippen MR) is 116 cm³/mol. The van der Waals surface area contributed by atoms with Crippen LogP contribution >= 0.6 is 0 Å². The van der Waals surface area contributed by atoms with Crippen molar-refractivity contribution >= 4 is 0 Å². The molecule has 1 atom stereocenters. The lowest BCUT2D eigenvalue weighted by atomic mass is 9.84. The normalized spacial score (nSPS) is 15.1. The molecule has 1 aliphatic rings. The van der Waals surface area contributed by atoms with E-state index in [1.807, 2.05) is 44.2 Å². The van der Waals surface area contributed by atoms with Gasteiger partial charge in [-0.3, -0.25) is 5.10 Å². The maximum atomic E-state index is 9.75. The summed E-state index contributed by atoms with van der Waals surface area (Å²) in [5, 5.41) is 16.8. The number of aromatic amines is 1. The Balaban J connectivity index is 1.69. The first kappa shape index (κ1) is 20.4. The molecule has 0 aliphatic carbocycles. The molecule has 7 nitrogen and oxygen atoms in total. The molecular weight excluding hydrogens is 392 g/mol. The van der Waals surface area contributed by atoms with Crippen molar-refractivity contribution in [2.45, 2.75) is 33.3 Å². The van der Waals surface area contributed by atoms with Crippen LogP contribution in [0, 0.1) is 25.2 Å². The maximum Gasteiger partial charge on any atom is 0.244 e. The third-order valence-corrected chi connectivity index (χ3v) is 5.25. The van der Waals surface area contributed by atoms with E-state index in [1.165, 1.54) is 5.56 Å². The van der Waals surface area contributed by atoms with Crippen molar-refractivity contribution in [3.05, 3.63) is 81.9 Å². The summed E-state index contributed by atoms with van der Waals surface area (Å²) in [6.45, 7) is 6.77. The number of nitriles is 1. The smallest absolute Gasteiger partial charge is 0.244 e. The number of fused-ring (bicyclic) bond motifs is 1. The summed E-state index contributed by atoms with van der Waals surface area (Å²) in [6.07, 6.45) is 0. The van der Waals surface area contributed by atoms with Gasteiger partial charge in [0.1, 0.15) is 18.2 Å². The van der Waals surface area contributed by atoms with Gasteiger partial charge in [0.15, 0.2) is 11.5 Å². The minimum Gasteiger partial charge on any atom is -0.490 e. The number of aromatic nitrogens is 2. The van der Waals surface area contributed by atoms with Gasteiger partial charge in [0, 0.05) is 11.3 Å². The number of hydrogen-bond acceptors (Lipinski definition) is 6. The van der Waals surface area contributed by atoms with E-state index in [0.717, 1.165) is 22.4 Å². The van der Waals surface area contributed by atoms with Crippen LogP contribution in [0.25, 0.3) is 0 Å². The first-order valence-electron chi connectivity index (χ1n) is 10.1. The summed E-state index contributed by atoms with van der Waals surface area (Å²) >= 11 is 0. The van der Waals surface area contributed by atoms with Crippen molar-refractivity contribution < 1.29 is 14.2 Å². The second-order valence-electron chi connectivity index (χ2n) is 7.41. The summed E-state index contributed by atoms with van der Waals surface area (Å²) < 4.78 is 17.4. The van der Waals surface area contributed by atoms with Crippen molar-refractivity contribution in [1.82, 2.24) is 10.2 Å². The van der Waals surface area contributed by atoms with E-state index < -0.39 is 5.92 Å². The Morgan fingerprint density at radius 2 is 1.90 bits per heavy atom. The van der Waals surface area contributed by atoms with E-state index >= 15 is 0 Å². The molecule has 3 N–H and O–H groups in total. The van der Waals surface area contributed by atoms with Crippen LogP contribution in [-0.4, -0.2) is 16.8 Å². The zero-order valence-corrected chi connectivity index (χ0v) is 17.7. The molecule has 1 aromatic heterocycles. The molecule has 2 heterocycles. The van der Waals surface area contributed by atoms with Gasteiger partial charge < -0.3 is 19.9 Å². The fraction of sp³-hybridized carbons (Fsp3) is 0.250. The second kappa shape index (κ2) is 8.44. The molecule has 0 radical (unpaired) electrons. The van der Waals surface area contributed by atoms with Crippen LogP contribution in [0.1, 0.15) is 40.8 Å². The lowest BCUT2D eigenvalue weighted by molar-refractivity contribution is 0.269. The average molecular weight is 416 g/mol. The highest BCUT2D eigenvalue weighted by atomic mass is 16.5. The van der Waals surface area contributed by atoms with Gasteiger partial charge in [0.25, 0.3) is 0 Å². The molecule has 31 heavy (non-hydrogen) atoms. The molecule has 0 amide bonds. The van der Waals surface area contributed by atoms with E-state index in [9.17, 15) is 5.26 Å². The number of allylic oxidation sites excluding steroid dienone is 1. The molecule has 4 rings (SSSR count). The molecule has 0 spiro atoms. The highest BCUT2D eigenvalue weighted by Gasteiger charge is 2.34. The van der Waals surface area contributed by atoms with Crippen molar-refractivity contribution in [1.29, 1.82) is 5.26 Å². The molecule has 2 aromatic carbocycles. The SMILES string of the molecule is CCOc1cc([C@@H]2C(C#N)=C(N)Oc3n[nH]c(C)c32)ccc1OCc1ccc(C)cc1. The van der Waals surface area contributed by atoms with Crippen molar-refractivity contribution in [2.24, 2.45) is 5.73 Å². The van der Waals surface area contributed by atoms with Crippen LogP contribution in [0.2, 0.25) is 0 Å². The van der Waals surface area contributed by atoms with Crippen LogP contribution in [0.5, 0.6) is 17.4 Å². The Labute approximate surface area is 181 Å². The summed E-state index contributed by atoms with van der Waals surface area (Å²) in [5.74, 6) is 1.29. The van der Waals surface area contributed by atoms with E-state index in [1.54, 1.807) is 0 Å². The Bertz CT molecular complexity index is 1170. The molecule has 1 aliphatic heterocycles. The van der Waals surface area contributed by atoms with E-state index in [4.69, 9.17) is 19.9 Å². The minimum atomic E-state index is -0.405. The largest absolute Gasteiger partial charge is 0.490 e. The first-order valence-corrected chi connectivity index (χ1v) is 10.1. The summed E-state index contributed by atoms with van der Waals surface area (Å²) in [4.78, 5) is 0. The quantitative estimate of drug-likeness (QED) is 0.623. The van der Waals surface area contributed by atoms with Gasteiger partial charge in [-0.1, -0.05) is 35.9 Å². The second-order valence-corrected chi connectivity index (χ2v) is 7.41. The van der Waals surface area contributed by atoms with Gasteiger partial charge in [-0.15, -0.1) is 5.10 Å². The zero-order chi connectivity index (χ0) is 22.0. The van der Waals surface area contributed by atoms with Crippen LogP contribution in [0.15, 0.2) is 53.9 Å². The standard InChI is InChI=1S/C24H24N4O3/c1-4-29-20-11-17(9-10-19(20)30-13-16-7-5-14(2)6-8-16)22-18(12-25)23(26)31-24-21(22)15(3)27-28-24/h5-11,22H,4,13,26H2,1-3H3,(H,27,28)/t22-/m1/s1. The number of nitrogens with two attached hydrogens (primary N) is 1. The highest BCUT2D eigenvalue weighted by Crippen LogP contribution is 2.44. The molecule has 0 saturated heterocycles. The third kappa shape index (κ3) is 3.92. The Kier molecular flexibility index (Phi) is 5.54. The number of nitrogens with one attached hydrogen (secondary N) is 1. The van der Waals surface area contributed by atoms with Gasteiger partial charge in [-0.05, 0) is 44.0 Å². The third-order valence-electron chi connectivity index (χ3n) is 5.25. The van der Waals surface area contributed by atoms with Crippen LogP contribution < -0.4 is 19.9 Å². The molecule has 0 saturated carbocycles. The monoisotopic (exact) mass is 416 g/mol. The average Bonchev–Trinajstić information content (AvgIpc) is 3.13. The summed E-state index contributed by atoms with van der Waals surface area (Å²) in [7, 11) is 0. The Morgan fingerprint density at radius 3 is 2.61 bits per heavy atom. The minimum absolute atomic E-state index is 0.0594. The van der Waals surface area contributed by atoms with Crippen molar-refractivity contribution in [3.63, 3.8) is 0 Å². The Morgan fingerprint density at radius 1 is 1.13 bits per heavy atom. The molecule has 0 bridgehead atoms. The number of hydrogen-bond donors (Lipinski definition) is 2. The molecule has 7 heteroatoms. The molecule has 158 valence electrons. The number of rotatable bonds is 6. The predicted octanol–water partition coefficient (Wildman–Crippen LogP) is 4.22. The lowest BCUT2D eigenvalue weighted by Crippen LogP contribution is -2.21. The molecule has 3 aromatic rings. The zero-order valence-electron chi connectivity index (χ0n) is 17.7. The highest BCUT2D eigenvalue weighted by molar-refractivity contribution is 5.57. The fourth-order valence-corrected chi connectivity index (χ4v) is 3.67. The molecular formula is C24H24N4O3. The van der Waals surface area contributed by atoms with Gasteiger partial charge in [0.05, 0.1) is 12.5 Å². The topological polar surface area (TPSA) is 106 Å². The number of nitrogens with zero attached hydrogens (tertiary/aromatic N) is 2. The number of aryl methyl sites for hydroxylation is 2. The van der Waals surface area contributed by atoms with E-state index in [2.05, 4.69) is 35.3 Å². The lowest BCUT2D eigenvalue weighted by Gasteiger charge is -2.24. The molecule has 0 unspecified atom stereocenters. The van der Waals surface area contributed by atoms with E-state index in [0.29, 0.717) is 36.2 Å². The number of H-pyrrole nitrogens is 1. The van der Waals surface area contributed by atoms with Crippen molar-refractivity contribution in [2.75, 3.05) is 6.61 Å². The van der Waals surface area contributed by atoms with Gasteiger partial charge in [-0.2, -0.15) is 5.26 Å². The first-order chi connectivity index (χ1) is 15.0. The van der Waals surface area contributed by atoms with Crippen LogP contribution in [-0.2, 0) is 6.61 Å². The van der Waals surface area contributed by atoms with Gasteiger partial charge >= 0.3 is 0 Å². The van der Waals surface area contributed by atoms with Crippen LogP contribution in [0.4, 0.5) is 0 Å². The van der Waals surface area contributed by atoms with Crippen LogP contribution in [0.3, 0.4) is 0 Å². The number of ether oxygens (including phenoxy) is 3. The number of benzene rings is 2. The summed E-state index contributed by atoms with van der Waals surface area (Å²) in [5.41, 5.74) is 11.1. The van der Waals surface area contributed by atoms with Gasteiger partial charge in [-0.25, -0.2) is 0 Å². The maximum absolute atomic E-state index is 9.75. The fourth-order valence-electron chi connectivity index (χ4n) is 3.67. The van der Waals surface area contributed by atoms with Crippen molar-refractivity contribution in [3.8, 4) is 23.4 Å². The van der Waals surface area contributed by atoms with Gasteiger partial charge in [0.2, 0.25) is 11.8 Å². The Hall–Kier alpha value is -3.92. The molecule has 0 fully saturated rings. The summed E-state index contributed by atoms with van der Waals surface area (Å²) in [6, 6.07) is 16.1.